The van der Waals surface area contributed by atoms with E-state index in [-0.39, 0.29) is 5.91 Å². The van der Waals surface area contributed by atoms with Crippen LogP contribution in [0.3, 0.4) is 0 Å². The van der Waals surface area contributed by atoms with Gasteiger partial charge in [-0.2, -0.15) is 0 Å². The van der Waals surface area contributed by atoms with Gasteiger partial charge in [-0.1, -0.05) is 27.7 Å². The molecule has 0 spiro atoms. The molecule has 1 atom stereocenters. The summed E-state index contributed by atoms with van der Waals surface area (Å²) in [6, 6.07) is 12.3. The normalized spacial score (nSPS) is 17.6. The van der Waals surface area contributed by atoms with Crippen LogP contribution in [0, 0.1) is 5.92 Å². The van der Waals surface area contributed by atoms with Gasteiger partial charge in [0.25, 0.3) is 5.91 Å². The van der Waals surface area contributed by atoms with Crippen LogP contribution in [0.1, 0.15) is 30.6 Å². The summed E-state index contributed by atoms with van der Waals surface area (Å²) in [7, 11) is 0. The van der Waals surface area contributed by atoms with Crippen molar-refractivity contribution in [2.45, 2.75) is 36.2 Å². The summed E-state index contributed by atoms with van der Waals surface area (Å²) in [4.78, 5) is 20.6. The number of pyridine rings is 1. The van der Waals surface area contributed by atoms with Crippen LogP contribution in [-0.2, 0) is 0 Å². The SMILES string of the molecule is CC(C)N1CCC(CNC(=O)c2cccnc2Sc2ccc(Br)cc2)C1. The molecule has 26 heavy (non-hydrogen) atoms. The Morgan fingerprint density at radius 2 is 2.12 bits per heavy atom. The topological polar surface area (TPSA) is 45.2 Å². The Balaban J connectivity index is 1.62. The Hall–Kier alpha value is -1.37. The molecule has 1 aliphatic heterocycles. The molecule has 4 nitrogen and oxygen atoms in total. The number of hydrogen-bond donors (Lipinski definition) is 1. The summed E-state index contributed by atoms with van der Waals surface area (Å²) in [5.41, 5.74) is 0.638. The molecule has 1 aliphatic rings. The summed E-state index contributed by atoms with van der Waals surface area (Å²) >= 11 is 4.95. The average molecular weight is 434 g/mol. The van der Waals surface area contributed by atoms with Gasteiger partial charge in [-0.05, 0) is 69.1 Å². The van der Waals surface area contributed by atoms with E-state index in [0.29, 0.717) is 17.5 Å². The number of carbonyl (C=O) groups is 1. The van der Waals surface area contributed by atoms with E-state index in [1.165, 1.54) is 11.8 Å². The van der Waals surface area contributed by atoms with Crippen molar-refractivity contribution in [2.24, 2.45) is 5.92 Å². The van der Waals surface area contributed by atoms with Crippen LogP contribution in [0.5, 0.6) is 0 Å². The second kappa shape index (κ2) is 9.02. The quantitative estimate of drug-likeness (QED) is 0.730. The molecule has 1 unspecified atom stereocenters. The van der Waals surface area contributed by atoms with E-state index >= 15 is 0 Å². The zero-order valence-electron chi connectivity index (χ0n) is 15.1. The third-order valence-electron chi connectivity index (χ3n) is 4.64. The number of aromatic nitrogens is 1. The second-order valence-corrected chi connectivity index (χ2v) is 8.84. The van der Waals surface area contributed by atoms with Crippen molar-refractivity contribution in [3.8, 4) is 0 Å². The van der Waals surface area contributed by atoms with Crippen LogP contribution in [-0.4, -0.2) is 41.5 Å². The third-order valence-corrected chi connectivity index (χ3v) is 6.20. The number of rotatable bonds is 6. The van der Waals surface area contributed by atoms with Crippen molar-refractivity contribution in [3.63, 3.8) is 0 Å². The molecule has 0 bridgehead atoms. The minimum absolute atomic E-state index is 0.0410. The van der Waals surface area contributed by atoms with E-state index in [9.17, 15) is 4.79 Å². The molecule has 0 aliphatic carbocycles. The number of amides is 1. The minimum atomic E-state index is -0.0410. The molecule has 1 fully saturated rings. The van der Waals surface area contributed by atoms with Crippen molar-refractivity contribution in [3.05, 3.63) is 52.6 Å². The fraction of sp³-hybridized carbons (Fsp3) is 0.400. The van der Waals surface area contributed by atoms with Crippen molar-refractivity contribution >= 4 is 33.6 Å². The number of halogens is 1. The van der Waals surface area contributed by atoms with Gasteiger partial charge in [0.2, 0.25) is 0 Å². The third kappa shape index (κ3) is 5.09. The first-order valence-electron chi connectivity index (χ1n) is 8.93. The molecule has 0 saturated carbocycles. The zero-order chi connectivity index (χ0) is 18.5. The molecule has 1 N–H and O–H groups in total. The van der Waals surface area contributed by atoms with Crippen LogP contribution in [0.2, 0.25) is 0 Å². The lowest BCUT2D eigenvalue weighted by Crippen LogP contribution is -2.33. The molecule has 1 saturated heterocycles. The highest BCUT2D eigenvalue weighted by Crippen LogP contribution is 2.29. The second-order valence-electron chi connectivity index (χ2n) is 6.87. The number of carbonyl (C=O) groups excluding carboxylic acids is 1. The lowest BCUT2D eigenvalue weighted by molar-refractivity contribution is 0.0943. The van der Waals surface area contributed by atoms with Crippen molar-refractivity contribution in [1.82, 2.24) is 15.2 Å². The molecule has 1 aromatic carbocycles. The Morgan fingerprint density at radius 3 is 2.81 bits per heavy atom. The first-order chi connectivity index (χ1) is 12.5. The standard InChI is InChI=1S/C20H24BrN3OS/c1-14(2)24-11-9-15(13-24)12-23-19(25)18-4-3-10-22-20(18)26-17-7-5-16(21)6-8-17/h3-8,10,14-15H,9,11-13H2,1-2H3,(H,23,25). The molecule has 2 heterocycles. The molecule has 1 aromatic heterocycles. The van der Waals surface area contributed by atoms with Crippen LogP contribution in [0.15, 0.2) is 57.0 Å². The van der Waals surface area contributed by atoms with Gasteiger partial charge in [0.1, 0.15) is 5.03 Å². The Kier molecular flexibility index (Phi) is 6.73. The summed E-state index contributed by atoms with van der Waals surface area (Å²) < 4.78 is 1.04. The average Bonchev–Trinajstić information content (AvgIpc) is 3.11. The van der Waals surface area contributed by atoms with Gasteiger partial charge < -0.3 is 10.2 Å². The van der Waals surface area contributed by atoms with E-state index in [4.69, 9.17) is 0 Å². The molecule has 2 aromatic rings. The van der Waals surface area contributed by atoms with Gasteiger partial charge in [-0.15, -0.1) is 0 Å². The van der Waals surface area contributed by atoms with Gasteiger partial charge in [-0.3, -0.25) is 4.79 Å². The minimum Gasteiger partial charge on any atom is -0.352 e. The molecular weight excluding hydrogens is 410 g/mol. The van der Waals surface area contributed by atoms with Crippen LogP contribution in [0.4, 0.5) is 0 Å². The van der Waals surface area contributed by atoms with Crippen molar-refractivity contribution in [1.29, 1.82) is 0 Å². The number of likely N-dealkylation sites (tertiary alicyclic amines) is 1. The van der Waals surface area contributed by atoms with Gasteiger partial charge in [0.15, 0.2) is 0 Å². The highest BCUT2D eigenvalue weighted by molar-refractivity contribution is 9.10. The summed E-state index contributed by atoms with van der Waals surface area (Å²) in [6.45, 7) is 7.35. The first-order valence-corrected chi connectivity index (χ1v) is 10.5. The van der Waals surface area contributed by atoms with E-state index in [0.717, 1.165) is 40.4 Å². The van der Waals surface area contributed by atoms with E-state index in [2.05, 4.69) is 45.0 Å². The highest BCUT2D eigenvalue weighted by Gasteiger charge is 2.24. The molecule has 6 heteroatoms. The summed E-state index contributed by atoms with van der Waals surface area (Å²) in [5.74, 6) is 0.487. The monoisotopic (exact) mass is 433 g/mol. The Bertz CT molecular complexity index is 751. The van der Waals surface area contributed by atoms with Crippen LogP contribution in [0.25, 0.3) is 0 Å². The van der Waals surface area contributed by atoms with Gasteiger partial charge in [0.05, 0.1) is 5.56 Å². The lowest BCUT2D eigenvalue weighted by atomic mass is 10.1. The van der Waals surface area contributed by atoms with Gasteiger partial charge in [-0.25, -0.2) is 4.98 Å². The lowest BCUT2D eigenvalue weighted by Gasteiger charge is -2.20. The molecular formula is C20H24BrN3OS. The predicted molar refractivity (Wildman–Crippen MR) is 110 cm³/mol. The maximum Gasteiger partial charge on any atom is 0.254 e. The van der Waals surface area contributed by atoms with Crippen LogP contribution < -0.4 is 5.32 Å². The summed E-state index contributed by atoms with van der Waals surface area (Å²) in [5, 5.41) is 3.85. The first kappa shape index (κ1) is 19.4. The maximum absolute atomic E-state index is 12.7. The number of nitrogens with zero attached hydrogens (tertiary/aromatic N) is 2. The zero-order valence-corrected chi connectivity index (χ0v) is 17.5. The number of benzene rings is 1. The van der Waals surface area contributed by atoms with E-state index < -0.39 is 0 Å². The summed E-state index contributed by atoms with van der Waals surface area (Å²) in [6.07, 6.45) is 2.88. The van der Waals surface area contributed by atoms with E-state index in [1.54, 1.807) is 6.20 Å². The van der Waals surface area contributed by atoms with Crippen molar-refractivity contribution < 1.29 is 4.79 Å². The van der Waals surface area contributed by atoms with Crippen LogP contribution >= 0.6 is 27.7 Å². The molecule has 3 rings (SSSR count). The van der Waals surface area contributed by atoms with Crippen molar-refractivity contribution in [2.75, 3.05) is 19.6 Å². The number of hydrogen-bond acceptors (Lipinski definition) is 4. The predicted octanol–water partition coefficient (Wildman–Crippen LogP) is 4.46. The molecule has 138 valence electrons. The Labute approximate surface area is 167 Å². The van der Waals surface area contributed by atoms with E-state index in [1.807, 2.05) is 36.4 Å². The van der Waals surface area contributed by atoms with Gasteiger partial charge in [0, 0.05) is 34.7 Å². The fourth-order valence-electron chi connectivity index (χ4n) is 3.09. The molecule has 1 amide bonds. The smallest absolute Gasteiger partial charge is 0.254 e. The number of nitrogens with one attached hydrogen (secondary N) is 1. The maximum atomic E-state index is 12.7. The Morgan fingerprint density at radius 1 is 1.35 bits per heavy atom. The highest BCUT2D eigenvalue weighted by atomic mass is 79.9. The molecule has 0 radical (unpaired) electrons. The fourth-order valence-corrected chi connectivity index (χ4v) is 4.23. The van der Waals surface area contributed by atoms with Gasteiger partial charge >= 0.3 is 0 Å². The largest absolute Gasteiger partial charge is 0.352 e.